The van der Waals surface area contributed by atoms with Gasteiger partial charge in [0.2, 0.25) is 5.91 Å². The van der Waals surface area contributed by atoms with Crippen LogP contribution in [0.4, 0.5) is 0 Å². The average molecular weight is 295 g/mol. The van der Waals surface area contributed by atoms with Gasteiger partial charge in [0.05, 0.1) is 11.9 Å². The van der Waals surface area contributed by atoms with Crippen LogP contribution in [0.5, 0.6) is 0 Å². The first-order valence-electron chi connectivity index (χ1n) is 7.79. The van der Waals surface area contributed by atoms with Crippen LogP contribution in [0.15, 0.2) is 6.20 Å². The topological polar surface area (TPSA) is 71.8 Å². The molecule has 1 aromatic rings. The molecule has 1 heterocycles. The lowest BCUT2D eigenvalue weighted by atomic mass is 10.1. The van der Waals surface area contributed by atoms with E-state index in [1.165, 1.54) is 0 Å². The smallest absolute Gasteiger partial charge is 0.244 e. The zero-order chi connectivity index (χ0) is 15.8. The monoisotopic (exact) mass is 295 g/mol. The highest BCUT2D eigenvalue weighted by Crippen LogP contribution is 2.05. The van der Waals surface area contributed by atoms with Crippen molar-refractivity contribution < 1.29 is 4.79 Å². The summed E-state index contributed by atoms with van der Waals surface area (Å²) in [5.41, 5.74) is 0.859. The molecule has 21 heavy (non-hydrogen) atoms. The Morgan fingerprint density at radius 3 is 2.57 bits per heavy atom. The molecule has 0 aliphatic carbocycles. The van der Waals surface area contributed by atoms with Gasteiger partial charge in [-0.15, -0.1) is 5.10 Å². The third kappa shape index (κ3) is 6.71. The minimum atomic E-state index is -0.330. The lowest BCUT2D eigenvalue weighted by Gasteiger charge is -2.12. The number of hydrogen-bond acceptors (Lipinski definition) is 4. The Kier molecular flexibility index (Phi) is 7.36. The molecule has 1 rings (SSSR count). The third-order valence-electron chi connectivity index (χ3n) is 3.21. The van der Waals surface area contributed by atoms with Crippen LogP contribution in [0.3, 0.4) is 0 Å². The second-order valence-electron chi connectivity index (χ2n) is 6.36. The van der Waals surface area contributed by atoms with Crippen molar-refractivity contribution in [3.8, 4) is 0 Å². The lowest BCUT2D eigenvalue weighted by molar-refractivity contribution is -0.124. The lowest BCUT2D eigenvalue weighted by Crippen LogP contribution is -2.32. The maximum atomic E-state index is 12.0. The third-order valence-corrected chi connectivity index (χ3v) is 3.21. The number of nitrogens with one attached hydrogen (secondary N) is 2. The number of rotatable bonds is 9. The van der Waals surface area contributed by atoms with Crippen LogP contribution in [0.1, 0.15) is 52.8 Å². The van der Waals surface area contributed by atoms with E-state index >= 15 is 0 Å². The number of amides is 1. The van der Waals surface area contributed by atoms with Crippen LogP contribution in [-0.4, -0.2) is 34.0 Å². The molecule has 1 unspecified atom stereocenters. The molecular weight excluding hydrogens is 266 g/mol. The molecule has 0 aliphatic heterocycles. The first-order valence-corrected chi connectivity index (χ1v) is 7.79. The number of carbonyl (C=O) groups excluding carboxylic acids is 1. The standard InChI is InChI=1S/C15H29N5O/c1-11(2)6-7-17-15(21)13(5)20-10-14(18-19-20)9-16-8-12(3)4/h10-13,16H,6-9H2,1-5H3,(H,17,21). The molecule has 1 amide bonds. The second kappa shape index (κ2) is 8.77. The van der Waals surface area contributed by atoms with E-state index in [4.69, 9.17) is 0 Å². The highest BCUT2D eigenvalue weighted by atomic mass is 16.2. The van der Waals surface area contributed by atoms with E-state index in [1.54, 1.807) is 4.68 Å². The fourth-order valence-corrected chi connectivity index (χ4v) is 1.82. The van der Waals surface area contributed by atoms with Gasteiger partial charge in [-0.25, -0.2) is 4.68 Å². The van der Waals surface area contributed by atoms with Crippen molar-refractivity contribution in [2.75, 3.05) is 13.1 Å². The predicted octanol–water partition coefficient (Wildman–Crippen LogP) is 1.75. The minimum Gasteiger partial charge on any atom is -0.354 e. The fraction of sp³-hybridized carbons (Fsp3) is 0.800. The Balaban J connectivity index is 2.41. The normalized spacial score (nSPS) is 12.9. The van der Waals surface area contributed by atoms with Crippen molar-refractivity contribution >= 4 is 5.91 Å². The summed E-state index contributed by atoms with van der Waals surface area (Å²) in [4.78, 5) is 12.0. The van der Waals surface area contributed by atoms with Gasteiger partial charge in [-0.05, 0) is 31.7 Å². The van der Waals surface area contributed by atoms with Crippen LogP contribution in [-0.2, 0) is 11.3 Å². The Morgan fingerprint density at radius 2 is 1.95 bits per heavy atom. The van der Waals surface area contributed by atoms with Crippen molar-refractivity contribution in [2.45, 2.75) is 53.6 Å². The van der Waals surface area contributed by atoms with E-state index in [2.05, 4.69) is 48.6 Å². The molecule has 0 radical (unpaired) electrons. The number of nitrogens with zero attached hydrogens (tertiary/aromatic N) is 3. The van der Waals surface area contributed by atoms with E-state index < -0.39 is 0 Å². The Morgan fingerprint density at radius 1 is 1.24 bits per heavy atom. The summed E-state index contributed by atoms with van der Waals surface area (Å²) in [6.07, 6.45) is 2.82. The van der Waals surface area contributed by atoms with Gasteiger partial charge in [0.25, 0.3) is 0 Å². The van der Waals surface area contributed by atoms with E-state index in [-0.39, 0.29) is 11.9 Å². The Hall–Kier alpha value is -1.43. The summed E-state index contributed by atoms with van der Waals surface area (Å²) in [5.74, 6) is 1.18. The molecule has 0 saturated heterocycles. The molecule has 0 aliphatic rings. The van der Waals surface area contributed by atoms with Gasteiger partial charge in [-0.1, -0.05) is 32.9 Å². The molecule has 0 saturated carbocycles. The number of aromatic nitrogens is 3. The van der Waals surface area contributed by atoms with Crippen LogP contribution < -0.4 is 10.6 Å². The summed E-state index contributed by atoms with van der Waals surface area (Å²) in [6, 6.07) is -0.330. The molecule has 1 atom stereocenters. The maximum absolute atomic E-state index is 12.0. The highest BCUT2D eigenvalue weighted by molar-refractivity contribution is 5.79. The summed E-state index contributed by atoms with van der Waals surface area (Å²) in [7, 11) is 0. The summed E-state index contributed by atoms with van der Waals surface area (Å²) >= 11 is 0. The first-order chi connectivity index (χ1) is 9.90. The Bertz CT molecular complexity index is 427. The molecule has 0 fully saturated rings. The summed E-state index contributed by atoms with van der Waals surface area (Å²) in [6.45, 7) is 12.8. The minimum absolute atomic E-state index is 0.0118. The summed E-state index contributed by atoms with van der Waals surface area (Å²) < 4.78 is 1.62. The second-order valence-corrected chi connectivity index (χ2v) is 6.36. The molecular formula is C15H29N5O. The molecule has 120 valence electrons. The van der Waals surface area contributed by atoms with Gasteiger partial charge in [0, 0.05) is 13.1 Å². The van der Waals surface area contributed by atoms with E-state index in [1.807, 2.05) is 13.1 Å². The van der Waals surface area contributed by atoms with Crippen molar-refractivity contribution in [3.05, 3.63) is 11.9 Å². The van der Waals surface area contributed by atoms with Crippen LogP contribution in [0.25, 0.3) is 0 Å². The van der Waals surface area contributed by atoms with E-state index in [0.29, 0.717) is 24.9 Å². The molecule has 6 nitrogen and oxygen atoms in total. The molecule has 2 N–H and O–H groups in total. The maximum Gasteiger partial charge on any atom is 0.244 e. The molecule has 0 aromatic carbocycles. The Labute approximate surface area is 127 Å². The zero-order valence-electron chi connectivity index (χ0n) is 13.9. The number of carbonyl (C=O) groups is 1. The molecule has 6 heteroatoms. The average Bonchev–Trinajstić information content (AvgIpc) is 2.85. The first kappa shape index (κ1) is 17.6. The van der Waals surface area contributed by atoms with Crippen molar-refractivity contribution in [3.63, 3.8) is 0 Å². The molecule has 1 aromatic heterocycles. The van der Waals surface area contributed by atoms with E-state index in [9.17, 15) is 4.79 Å². The molecule has 0 spiro atoms. The van der Waals surface area contributed by atoms with Crippen molar-refractivity contribution in [2.24, 2.45) is 11.8 Å². The fourth-order valence-electron chi connectivity index (χ4n) is 1.82. The van der Waals surface area contributed by atoms with Crippen LogP contribution >= 0.6 is 0 Å². The van der Waals surface area contributed by atoms with Gasteiger partial charge in [-0.2, -0.15) is 0 Å². The quantitative estimate of drug-likeness (QED) is 0.728. The SMILES string of the molecule is CC(C)CCNC(=O)C(C)n1cc(CNCC(C)C)nn1. The van der Waals surface area contributed by atoms with Gasteiger partial charge < -0.3 is 10.6 Å². The summed E-state index contributed by atoms with van der Waals surface area (Å²) in [5, 5.41) is 14.4. The van der Waals surface area contributed by atoms with Crippen LogP contribution in [0, 0.1) is 11.8 Å². The van der Waals surface area contributed by atoms with Gasteiger partial charge in [-0.3, -0.25) is 4.79 Å². The van der Waals surface area contributed by atoms with Crippen LogP contribution in [0.2, 0.25) is 0 Å². The zero-order valence-corrected chi connectivity index (χ0v) is 13.9. The largest absolute Gasteiger partial charge is 0.354 e. The van der Waals surface area contributed by atoms with Gasteiger partial charge in [0.1, 0.15) is 6.04 Å². The predicted molar refractivity (Wildman–Crippen MR) is 83.7 cm³/mol. The van der Waals surface area contributed by atoms with E-state index in [0.717, 1.165) is 18.7 Å². The molecule has 0 bridgehead atoms. The van der Waals surface area contributed by atoms with Gasteiger partial charge in [0.15, 0.2) is 0 Å². The van der Waals surface area contributed by atoms with Crippen molar-refractivity contribution in [1.29, 1.82) is 0 Å². The van der Waals surface area contributed by atoms with Gasteiger partial charge >= 0.3 is 0 Å². The number of hydrogen-bond donors (Lipinski definition) is 2. The van der Waals surface area contributed by atoms with Crippen molar-refractivity contribution in [1.82, 2.24) is 25.6 Å². The highest BCUT2D eigenvalue weighted by Gasteiger charge is 2.16.